The van der Waals surface area contributed by atoms with Crippen LogP contribution >= 0.6 is 0 Å². The van der Waals surface area contributed by atoms with Crippen LogP contribution in [0.3, 0.4) is 0 Å². The highest BCUT2D eigenvalue weighted by atomic mass is 14.8. The molecule has 0 radical (unpaired) electrons. The fourth-order valence-electron chi connectivity index (χ4n) is 3.95. The lowest BCUT2D eigenvalue weighted by Gasteiger charge is -2.05. The van der Waals surface area contributed by atoms with Crippen molar-refractivity contribution in [2.75, 3.05) is 0 Å². The van der Waals surface area contributed by atoms with Gasteiger partial charge >= 0.3 is 0 Å². The summed E-state index contributed by atoms with van der Waals surface area (Å²) in [5.41, 5.74) is 16.0. The zero-order chi connectivity index (χ0) is 21.5. The zero-order valence-corrected chi connectivity index (χ0v) is 17.2. The molecule has 2 N–H and O–H groups in total. The minimum atomic E-state index is 0.524. The minimum absolute atomic E-state index is 0.524. The molecule has 1 aromatic rings. The highest BCUT2D eigenvalue weighted by molar-refractivity contribution is 6.19. The average Bonchev–Trinajstić information content (AvgIpc) is 3.59. The summed E-state index contributed by atoms with van der Waals surface area (Å²) < 4.78 is 0. The van der Waals surface area contributed by atoms with Crippen LogP contribution in [0, 0.1) is 0 Å². The first-order valence-electron chi connectivity index (χ1n) is 10.5. The molecule has 5 nitrogen and oxygen atoms in total. The van der Waals surface area contributed by atoms with E-state index in [2.05, 4.69) is 35.3 Å². The summed E-state index contributed by atoms with van der Waals surface area (Å²) in [5, 5.41) is 0. The van der Waals surface area contributed by atoms with Gasteiger partial charge in [0.05, 0.1) is 45.6 Å². The number of hydrogen-bond donors (Lipinski definition) is 1. The second-order valence-electron chi connectivity index (χ2n) is 7.84. The highest BCUT2D eigenvalue weighted by Gasteiger charge is 2.18. The van der Waals surface area contributed by atoms with Gasteiger partial charge in [0.1, 0.15) is 0 Å². The average molecular weight is 413 g/mol. The first-order valence-corrected chi connectivity index (χ1v) is 10.5. The number of rotatable bonds is 2. The van der Waals surface area contributed by atoms with Crippen LogP contribution in [0.5, 0.6) is 0 Å². The SMILES string of the molecule is NCc1ccc(C2=CC3=NC2=CC2=NC(=CC4=NC(=CC5=NC(=C3)C=C5)C=C4)C=C2)cc1. The molecule has 152 valence electrons. The molecule has 8 bridgehead atoms. The summed E-state index contributed by atoms with van der Waals surface area (Å²) in [4.78, 5) is 19.0. The molecule has 0 saturated carbocycles. The van der Waals surface area contributed by atoms with E-state index in [4.69, 9.17) is 20.7 Å². The van der Waals surface area contributed by atoms with E-state index in [0.29, 0.717) is 6.54 Å². The van der Waals surface area contributed by atoms with Crippen molar-refractivity contribution in [3.8, 4) is 0 Å². The molecule has 5 aliphatic rings. The standard InChI is InChI=1S/C27H19N5/c28-16-17-1-3-18(4-2-17)26-14-25-13-23-8-7-21(30-23)11-19-5-6-20(29-19)12-22-9-10-24(31-22)15-27(26)32-25/h1-15H,16,28H2. The number of hydrogen-bond acceptors (Lipinski definition) is 5. The van der Waals surface area contributed by atoms with Crippen LogP contribution in [0.25, 0.3) is 5.57 Å². The first-order chi connectivity index (χ1) is 15.7. The van der Waals surface area contributed by atoms with E-state index in [0.717, 1.165) is 62.3 Å². The number of benzene rings is 1. The van der Waals surface area contributed by atoms with E-state index >= 15 is 0 Å². The fourth-order valence-corrected chi connectivity index (χ4v) is 3.95. The molecular formula is C27H19N5. The van der Waals surface area contributed by atoms with Crippen LogP contribution in [0.1, 0.15) is 11.1 Å². The van der Waals surface area contributed by atoms with Gasteiger partial charge in [0, 0.05) is 12.1 Å². The summed E-state index contributed by atoms with van der Waals surface area (Å²) in [7, 11) is 0. The molecular weight excluding hydrogens is 394 g/mol. The van der Waals surface area contributed by atoms with Crippen LogP contribution in [0.4, 0.5) is 0 Å². The highest BCUT2D eigenvalue weighted by Crippen LogP contribution is 2.31. The Bertz CT molecular complexity index is 1410. The second kappa shape index (κ2) is 7.48. The Morgan fingerprint density at radius 1 is 0.531 bits per heavy atom. The van der Waals surface area contributed by atoms with Crippen molar-refractivity contribution in [1.29, 1.82) is 0 Å². The van der Waals surface area contributed by atoms with Crippen LogP contribution in [0.2, 0.25) is 0 Å². The van der Waals surface area contributed by atoms with Crippen LogP contribution in [-0.2, 0) is 6.54 Å². The zero-order valence-electron chi connectivity index (χ0n) is 17.2. The van der Waals surface area contributed by atoms with Gasteiger partial charge in [0.2, 0.25) is 0 Å². The Morgan fingerprint density at radius 2 is 1.06 bits per heavy atom. The minimum Gasteiger partial charge on any atom is -0.326 e. The molecule has 0 amide bonds. The van der Waals surface area contributed by atoms with Crippen molar-refractivity contribution in [1.82, 2.24) is 0 Å². The lowest BCUT2D eigenvalue weighted by molar-refractivity contribution is 1.07. The third-order valence-corrected chi connectivity index (χ3v) is 5.54. The maximum Gasteiger partial charge on any atom is 0.0737 e. The van der Waals surface area contributed by atoms with E-state index in [1.165, 1.54) is 0 Å². The smallest absolute Gasteiger partial charge is 0.0737 e. The monoisotopic (exact) mass is 413 g/mol. The summed E-state index contributed by atoms with van der Waals surface area (Å²) in [5.74, 6) is 0. The lowest BCUT2D eigenvalue weighted by atomic mass is 10.0. The molecule has 0 fully saturated rings. The quantitative estimate of drug-likeness (QED) is 0.758. The molecule has 0 unspecified atom stereocenters. The Balaban J connectivity index is 1.48. The van der Waals surface area contributed by atoms with Gasteiger partial charge in [-0.2, -0.15) is 0 Å². The maximum absolute atomic E-state index is 5.77. The predicted molar refractivity (Wildman–Crippen MR) is 132 cm³/mol. The molecule has 1 aromatic carbocycles. The van der Waals surface area contributed by atoms with Gasteiger partial charge < -0.3 is 5.73 Å². The number of aliphatic imine (C=N–C) groups is 4. The van der Waals surface area contributed by atoms with Gasteiger partial charge in [0.25, 0.3) is 0 Å². The summed E-state index contributed by atoms with van der Waals surface area (Å²) in [6, 6.07) is 8.29. The van der Waals surface area contributed by atoms with Gasteiger partial charge in [-0.1, -0.05) is 24.3 Å². The Morgan fingerprint density at radius 3 is 1.62 bits per heavy atom. The second-order valence-corrected chi connectivity index (χ2v) is 7.84. The number of nitrogens with two attached hydrogens (primary N) is 1. The summed E-state index contributed by atoms with van der Waals surface area (Å²) in [6.45, 7) is 0.524. The maximum atomic E-state index is 5.77. The summed E-state index contributed by atoms with van der Waals surface area (Å²) in [6.07, 6.45) is 22.1. The van der Waals surface area contributed by atoms with Crippen molar-refractivity contribution in [3.63, 3.8) is 0 Å². The van der Waals surface area contributed by atoms with E-state index in [9.17, 15) is 0 Å². The van der Waals surface area contributed by atoms with Gasteiger partial charge in [-0.15, -0.1) is 0 Å². The van der Waals surface area contributed by atoms with Gasteiger partial charge in [-0.3, -0.25) is 0 Å². The lowest BCUT2D eigenvalue weighted by Crippen LogP contribution is -1.96. The fraction of sp³-hybridized carbons (Fsp3) is 0.0370. The van der Waals surface area contributed by atoms with Crippen molar-refractivity contribution in [2.45, 2.75) is 6.54 Å². The van der Waals surface area contributed by atoms with Crippen LogP contribution in [0.15, 0.2) is 134 Å². The summed E-state index contributed by atoms with van der Waals surface area (Å²) >= 11 is 0. The number of allylic oxidation sites excluding steroid dienone is 12. The molecule has 0 aliphatic carbocycles. The molecule has 5 aliphatic heterocycles. The largest absolute Gasteiger partial charge is 0.326 e. The van der Waals surface area contributed by atoms with Crippen molar-refractivity contribution in [2.24, 2.45) is 25.7 Å². The van der Waals surface area contributed by atoms with Gasteiger partial charge in [-0.25, -0.2) is 20.0 Å². The Hall–Kier alpha value is -4.22. The normalized spacial score (nSPS) is 20.2. The van der Waals surface area contributed by atoms with Crippen LogP contribution < -0.4 is 5.73 Å². The van der Waals surface area contributed by atoms with E-state index in [-0.39, 0.29) is 0 Å². The van der Waals surface area contributed by atoms with Crippen molar-refractivity contribution in [3.05, 3.63) is 125 Å². The van der Waals surface area contributed by atoms with E-state index in [1.54, 1.807) is 0 Å². The topological polar surface area (TPSA) is 75.5 Å². The number of nitrogens with zero attached hydrogens (tertiary/aromatic N) is 4. The van der Waals surface area contributed by atoms with Crippen LogP contribution in [-0.4, -0.2) is 22.8 Å². The first kappa shape index (κ1) is 18.5. The molecule has 0 saturated heterocycles. The Kier molecular flexibility index (Phi) is 4.33. The molecule has 0 atom stereocenters. The van der Waals surface area contributed by atoms with E-state index < -0.39 is 0 Å². The third-order valence-electron chi connectivity index (χ3n) is 5.54. The molecule has 5 heteroatoms. The Labute approximate surface area is 185 Å². The predicted octanol–water partition coefficient (Wildman–Crippen LogP) is 4.56. The molecule has 6 rings (SSSR count). The number of fused-ring (bicyclic) bond motifs is 4. The van der Waals surface area contributed by atoms with E-state index in [1.807, 2.05) is 60.8 Å². The van der Waals surface area contributed by atoms with Gasteiger partial charge in [0.15, 0.2) is 0 Å². The van der Waals surface area contributed by atoms with Gasteiger partial charge in [-0.05, 0) is 78.0 Å². The van der Waals surface area contributed by atoms with Crippen molar-refractivity contribution >= 4 is 28.4 Å². The molecule has 32 heavy (non-hydrogen) atoms. The molecule has 5 heterocycles. The molecule has 0 spiro atoms. The van der Waals surface area contributed by atoms with Crippen molar-refractivity contribution < 1.29 is 0 Å². The third kappa shape index (κ3) is 3.55. The molecule has 0 aromatic heterocycles.